The Hall–Kier alpha value is -0.600. The fourth-order valence-corrected chi connectivity index (χ4v) is 1.51. The third-order valence-corrected chi connectivity index (χ3v) is 2.36. The average molecular weight is 202 g/mol. The number of halogens is 2. The van der Waals surface area contributed by atoms with Crippen LogP contribution in [0.25, 0.3) is 0 Å². The van der Waals surface area contributed by atoms with Crippen LogP contribution in [0.5, 0.6) is 0 Å². The molecule has 0 aliphatic heterocycles. The first-order chi connectivity index (χ1) is 6.25. The van der Waals surface area contributed by atoms with Gasteiger partial charge in [0.15, 0.2) is 0 Å². The van der Waals surface area contributed by atoms with Crippen molar-refractivity contribution in [1.82, 2.24) is 0 Å². The van der Waals surface area contributed by atoms with Gasteiger partial charge < -0.3 is 5.73 Å². The van der Waals surface area contributed by atoms with Gasteiger partial charge >= 0.3 is 0 Å². The van der Waals surface area contributed by atoms with Gasteiger partial charge in [-0.05, 0) is 25.5 Å². The molecule has 0 radical (unpaired) electrons. The second-order valence-electron chi connectivity index (χ2n) is 2.92. The van der Waals surface area contributed by atoms with Crippen molar-refractivity contribution in [2.24, 2.45) is 5.73 Å². The molecule has 0 fully saturated rings. The number of nitrogens with two attached hydrogens (primary N) is 1. The largest absolute Gasteiger partial charge is 0.330 e. The van der Waals surface area contributed by atoms with E-state index >= 15 is 0 Å². The highest BCUT2D eigenvalue weighted by Gasteiger charge is 2.10. The maximum absolute atomic E-state index is 13.2. The molecule has 0 bridgehead atoms. The van der Waals surface area contributed by atoms with Gasteiger partial charge in [0.1, 0.15) is 5.82 Å². The van der Waals surface area contributed by atoms with E-state index in [4.69, 9.17) is 17.3 Å². The van der Waals surface area contributed by atoms with E-state index in [9.17, 15) is 4.39 Å². The first-order valence-electron chi connectivity index (χ1n) is 4.34. The molecule has 13 heavy (non-hydrogen) atoms. The Balaban J connectivity index is 2.65. The third-order valence-electron chi connectivity index (χ3n) is 1.90. The van der Waals surface area contributed by atoms with Gasteiger partial charge in [0.25, 0.3) is 0 Å². The van der Waals surface area contributed by atoms with Gasteiger partial charge in [-0.25, -0.2) is 4.39 Å². The Labute approximate surface area is 82.7 Å². The van der Waals surface area contributed by atoms with Crippen LogP contribution >= 0.6 is 11.6 Å². The minimum atomic E-state index is -0.259. The molecule has 0 heterocycles. The van der Waals surface area contributed by atoms with Gasteiger partial charge in [0.2, 0.25) is 0 Å². The number of benzene rings is 1. The molecule has 2 N–H and O–H groups in total. The van der Waals surface area contributed by atoms with Crippen molar-refractivity contribution in [3.63, 3.8) is 0 Å². The van der Waals surface area contributed by atoms with E-state index in [0.29, 0.717) is 12.1 Å². The SMILES string of the molecule is NCCC[C@H](Cl)c1ccccc1F. The minimum absolute atomic E-state index is 0.237. The molecular formula is C10H13ClFN. The second kappa shape index (κ2) is 5.20. The van der Waals surface area contributed by atoms with E-state index in [1.807, 2.05) is 0 Å². The summed E-state index contributed by atoms with van der Waals surface area (Å²) in [6.07, 6.45) is 1.54. The van der Waals surface area contributed by atoms with Gasteiger partial charge in [-0.2, -0.15) is 0 Å². The van der Waals surface area contributed by atoms with E-state index in [1.165, 1.54) is 6.07 Å². The van der Waals surface area contributed by atoms with Gasteiger partial charge in [-0.3, -0.25) is 0 Å². The second-order valence-corrected chi connectivity index (χ2v) is 3.45. The number of rotatable bonds is 4. The molecule has 1 aromatic carbocycles. The van der Waals surface area contributed by atoms with Crippen molar-refractivity contribution in [2.75, 3.05) is 6.54 Å². The topological polar surface area (TPSA) is 26.0 Å². The highest BCUT2D eigenvalue weighted by atomic mass is 35.5. The van der Waals surface area contributed by atoms with Crippen molar-refractivity contribution in [1.29, 1.82) is 0 Å². The molecule has 1 nitrogen and oxygen atoms in total. The van der Waals surface area contributed by atoms with Gasteiger partial charge in [0.05, 0.1) is 5.38 Å². The fourth-order valence-electron chi connectivity index (χ4n) is 1.18. The third kappa shape index (κ3) is 2.98. The average Bonchev–Trinajstić information content (AvgIpc) is 2.15. The van der Waals surface area contributed by atoms with E-state index in [-0.39, 0.29) is 11.2 Å². The summed E-state index contributed by atoms with van der Waals surface area (Å²) < 4.78 is 13.2. The first-order valence-corrected chi connectivity index (χ1v) is 4.78. The molecule has 3 heteroatoms. The van der Waals surface area contributed by atoms with Crippen LogP contribution in [0.2, 0.25) is 0 Å². The zero-order valence-corrected chi connectivity index (χ0v) is 8.10. The van der Waals surface area contributed by atoms with Crippen molar-refractivity contribution < 1.29 is 4.39 Å². The van der Waals surface area contributed by atoms with Crippen LogP contribution in [0.3, 0.4) is 0 Å². The molecule has 1 atom stereocenters. The van der Waals surface area contributed by atoms with Crippen LogP contribution in [0.15, 0.2) is 24.3 Å². The Morgan fingerprint density at radius 3 is 2.69 bits per heavy atom. The quantitative estimate of drug-likeness (QED) is 0.745. The standard InChI is InChI=1S/C10H13ClFN/c11-9(5-3-7-13)8-4-1-2-6-10(8)12/h1-2,4,6,9H,3,5,7,13H2/t9-/m0/s1. The monoisotopic (exact) mass is 201 g/mol. The van der Waals surface area contributed by atoms with Crippen LogP contribution in [0, 0.1) is 5.82 Å². The minimum Gasteiger partial charge on any atom is -0.330 e. The Bertz CT molecular complexity index is 265. The summed E-state index contributed by atoms with van der Waals surface area (Å²) in [5, 5.41) is -0.259. The summed E-state index contributed by atoms with van der Waals surface area (Å²) in [6, 6.07) is 6.58. The molecule has 0 unspecified atom stereocenters. The lowest BCUT2D eigenvalue weighted by atomic mass is 10.1. The summed E-state index contributed by atoms with van der Waals surface area (Å²) in [5.41, 5.74) is 5.91. The summed E-state index contributed by atoms with van der Waals surface area (Å²) in [7, 11) is 0. The zero-order valence-electron chi connectivity index (χ0n) is 7.34. The van der Waals surface area contributed by atoms with Gasteiger partial charge in [-0.1, -0.05) is 18.2 Å². The van der Waals surface area contributed by atoms with Crippen LogP contribution < -0.4 is 5.73 Å². The molecule has 0 saturated carbocycles. The van der Waals surface area contributed by atoms with Crippen LogP contribution in [-0.4, -0.2) is 6.54 Å². The Morgan fingerprint density at radius 1 is 1.38 bits per heavy atom. The van der Waals surface area contributed by atoms with Gasteiger partial charge in [-0.15, -0.1) is 11.6 Å². The maximum Gasteiger partial charge on any atom is 0.127 e. The normalized spacial score (nSPS) is 12.8. The lowest BCUT2D eigenvalue weighted by molar-refractivity contribution is 0.596. The molecule has 0 aromatic heterocycles. The fraction of sp³-hybridized carbons (Fsp3) is 0.400. The number of hydrogen-bond acceptors (Lipinski definition) is 1. The predicted octanol–water partition coefficient (Wildman–Crippen LogP) is 2.84. The van der Waals surface area contributed by atoms with Crippen molar-refractivity contribution >= 4 is 11.6 Å². The molecule has 72 valence electrons. The maximum atomic E-state index is 13.2. The molecule has 0 spiro atoms. The Morgan fingerprint density at radius 2 is 2.08 bits per heavy atom. The molecule has 0 saturated heterocycles. The van der Waals surface area contributed by atoms with E-state index in [2.05, 4.69) is 0 Å². The first kappa shape index (κ1) is 10.5. The highest BCUT2D eigenvalue weighted by Crippen LogP contribution is 2.27. The summed E-state index contributed by atoms with van der Waals surface area (Å²) >= 11 is 5.99. The van der Waals surface area contributed by atoms with Crippen LogP contribution in [0.1, 0.15) is 23.8 Å². The van der Waals surface area contributed by atoms with Crippen molar-refractivity contribution in [3.05, 3.63) is 35.6 Å². The van der Waals surface area contributed by atoms with Crippen LogP contribution in [-0.2, 0) is 0 Å². The smallest absolute Gasteiger partial charge is 0.127 e. The molecule has 0 aliphatic carbocycles. The summed E-state index contributed by atoms with van der Waals surface area (Å²) in [4.78, 5) is 0. The lowest BCUT2D eigenvalue weighted by Gasteiger charge is -2.09. The molecule has 0 aliphatic rings. The van der Waals surface area contributed by atoms with E-state index in [1.54, 1.807) is 18.2 Å². The van der Waals surface area contributed by atoms with E-state index < -0.39 is 0 Å². The Kier molecular flexibility index (Phi) is 4.19. The zero-order chi connectivity index (χ0) is 9.68. The summed E-state index contributed by atoms with van der Waals surface area (Å²) in [6.45, 7) is 0.595. The van der Waals surface area contributed by atoms with Gasteiger partial charge in [0, 0.05) is 5.56 Å². The number of hydrogen-bond donors (Lipinski definition) is 1. The molecule has 0 amide bonds. The number of alkyl halides is 1. The summed E-state index contributed by atoms with van der Waals surface area (Å²) in [5.74, 6) is -0.237. The molecular weight excluding hydrogens is 189 g/mol. The predicted molar refractivity (Wildman–Crippen MR) is 53.3 cm³/mol. The van der Waals surface area contributed by atoms with Crippen LogP contribution in [0.4, 0.5) is 4.39 Å². The van der Waals surface area contributed by atoms with Crippen molar-refractivity contribution in [2.45, 2.75) is 18.2 Å². The molecule has 1 rings (SSSR count). The molecule has 1 aromatic rings. The van der Waals surface area contributed by atoms with E-state index in [0.717, 1.165) is 12.8 Å². The highest BCUT2D eigenvalue weighted by molar-refractivity contribution is 6.20. The lowest BCUT2D eigenvalue weighted by Crippen LogP contribution is -2.01. The van der Waals surface area contributed by atoms with Crippen molar-refractivity contribution in [3.8, 4) is 0 Å².